The lowest BCUT2D eigenvalue weighted by Gasteiger charge is -2.13. The van der Waals surface area contributed by atoms with Gasteiger partial charge < -0.3 is 4.57 Å². The van der Waals surface area contributed by atoms with Crippen LogP contribution in [0, 0.1) is 0 Å². The summed E-state index contributed by atoms with van der Waals surface area (Å²) in [5.41, 5.74) is 12.4. The molecule has 0 bridgehead atoms. The van der Waals surface area contributed by atoms with Gasteiger partial charge in [-0.15, -0.1) is 0 Å². The third kappa shape index (κ3) is 4.82. The fourth-order valence-electron chi connectivity index (χ4n) is 8.20. The maximum atomic E-state index is 4.79. The first kappa shape index (κ1) is 29.6. The van der Waals surface area contributed by atoms with Gasteiger partial charge in [-0.2, -0.15) is 0 Å². The second-order valence-corrected chi connectivity index (χ2v) is 13.9. The molecule has 0 spiro atoms. The molecule has 0 amide bonds. The van der Waals surface area contributed by atoms with Gasteiger partial charge in [0.15, 0.2) is 0 Å². The number of hydrogen-bond acceptors (Lipinski definition) is 2. The zero-order valence-corrected chi connectivity index (χ0v) is 28.7. The van der Waals surface area contributed by atoms with Crippen LogP contribution in [-0.2, 0) is 0 Å². The van der Waals surface area contributed by atoms with Crippen LogP contribution < -0.4 is 0 Å². The second-order valence-electron chi connectivity index (χ2n) is 13.9. The standard InChI is InChI=1S/C50H31N3/c1-4-12-41-35(9-1)29-44(43-14-6-5-13-42(41)43)32-17-21-40(22-18-32)53-49-23-19-33(38-25-36-10-2-7-15-47(36)51-30-38)27-45(49)46-28-34(20-24-50(46)53)39-26-37-11-3-8-16-48(37)52-31-39/h1-31H. The highest BCUT2D eigenvalue weighted by Gasteiger charge is 2.16. The molecule has 3 nitrogen and oxygen atoms in total. The summed E-state index contributed by atoms with van der Waals surface area (Å²) in [6.07, 6.45) is 3.98. The number of nitrogens with zero attached hydrogens (tertiary/aromatic N) is 3. The summed E-state index contributed by atoms with van der Waals surface area (Å²) in [7, 11) is 0. The van der Waals surface area contributed by atoms with Crippen molar-refractivity contribution in [2.45, 2.75) is 0 Å². The lowest BCUT2D eigenvalue weighted by molar-refractivity contribution is 1.18. The van der Waals surface area contributed by atoms with Gasteiger partial charge >= 0.3 is 0 Å². The van der Waals surface area contributed by atoms with Crippen molar-refractivity contribution in [2.75, 3.05) is 0 Å². The summed E-state index contributed by atoms with van der Waals surface area (Å²) in [5, 5.41) is 9.76. The van der Waals surface area contributed by atoms with Crippen LogP contribution in [0.1, 0.15) is 0 Å². The van der Waals surface area contributed by atoms with Crippen LogP contribution in [0.5, 0.6) is 0 Å². The molecule has 246 valence electrons. The Morgan fingerprint density at radius 2 is 0.811 bits per heavy atom. The predicted octanol–water partition coefficient (Wildman–Crippen LogP) is 13.2. The quantitative estimate of drug-likeness (QED) is 0.174. The van der Waals surface area contributed by atoms with E-state index >= 15 is 0 Å². The van der Waals surface area contributed by atoms with E-state index in [1.165, 1.54) is 43.4 Å². The van der Waals surface area contributed by atoms with Crippen LogP contribution in [0.25, 0.3) is 104 Å². The number of rotatable bonds is 4. The molecule has 0 aliphatic heterocycles. The van der Waals surface area contributed by atoms with Crippen molar-refractivity contribution in [3.05, 3.63) is 188 Å². The Morgan fingerprint density at radius 1 is 0.321 bits per heavy atom. The number of aromatic nitrogens is 3. The number of pyridine rings is 2. The van der Waals surface area contributed by atoms with Gasteiger partial charge in [-0.25, -0.2) is 0 Å². The van der Waals surface area contributed by atoms with Crippen LogP contribution >= 0.6 is 0 Å². The fourth-order valence-corrected chi connectivity index (χ4v) is 8.20. The Balaban J connectivity index is 1.09. The van der Waals surface area contributed by atoms with Gasteiger partial charge in [-0.1, -0.05) is 109 Å². The molecule has 0 atom stereocenters. The van der Waals surface area contributed by atoms with Crippen LogP contribution in [-0.4, -0.2) is 14.5 Å². The Morgan fingerprint density at radius 3 is 1.42 bits per heavy atom. The van der Waals surface area contributed by atoms with E-state index in [0.717, 1.165) is 60.8 Å². The number of para-hydroxylation sites is 2. The molecule has 0 unspecified atom stereocenters. The maximum Gasteiger partial charge on any atom is 0.0702 e. The summed E-state index contributed by atoms with van der Waals surface area (Å²) < 4.78 is 2.40. The van der Waals surface area contributed by atoms with Crippen molar-refractivity contribution in [3.8, 4) is 39.1 Å². The Kier molecular flexibility index (Phi) is 6.55. The average Bonchev–Trinajstić information content (AvgIpc) is 3.56. The maximum absolute atomic E-state index is 4.79. The molecule has 0 saturated heterocycles. The topological polar surface area (TPSA) is 30.7 Å². The molecule has 3 aromatic heterocycles. The lowest BCUT2D eigenvalue weighted by Crippen LogP contribution is -1.94. The number of hydrogen-bond donors (Lipinski definition) is 0. The number of benzene rings is 8. The molecule has 53 heavy (non-hydrogen) atoms. The largest absolute Gasteiger partial charge is 0.309 e. The summed E-state index contributed by atoms with van der Waals surface area (Å²) in [6.45, 7) is 0. The van der Waals surface area contributed by atoms with E-state index < -0.39 is 0 Å². The van der Waals surface area contributed by atoms with E-state index in [0.29, 0.717) is 0 Å². The van der Waals surface area contributed by atoms with Crippen molar-refractivity contribution in [2.24, 2.45) is 0 Å². The molecule has 11 aromatic rings. The number of fused-ring (bicyclic) bond motifs is 8. The lowest BCUT2D eigenvalue weighted by atomic mass is 9.93. The van der Waals surface area contributed by atoms with Gasteiger partial charge in [0.1, 0.15) is 0 Å². The van der Waals surface area contributed by atoms with Crippen LogP contribution in [0.3, 0.4) is 0 Å². The Hall–Kier alpha value is -7.10. The molecule has 3 heteroatoms. The van der Waals surface area contributed by atoms with Gasteiger partial charge in [0.25, 0.3) is 0 Å². The van der Waals surface area contributed by atoms with Gasteiger partial charge in [0.2, 0.25) is 0 Å². The highest BCUT2D eigenvalue weighted by Crippen LogP contribution is 2.39. The highest BCUT2D eigenvalue weighted by atomic mass is 15.0. The molecule has 0 radical (unpaired) electrons. The summed E-state index contributed by atoms with van der Waals surface area (Å²) >= 11 is 0. The monoisotopic (exact) mass is 673 g/mol. The van der Waals surface area contributed by atoms with E-state index in [4.69, 9.17) is 9.97 Å². The third-order valence-corrected chi connectivity index (χ3v) is 10.8. The SMILES string of the molecule is c1ccc2ncc(-c3ccc4c(c3)c3cc(-c5cnc6ccccc6c5)ccc3n4-c3ccc(-c4cc5ccccc5c5ccccc45)cc3)cc2c1. The van der Waals surface area contributed by atoms with E-state index in [1.807, 2.05) is 24.5 Å². The molecule has 8 aromatic carbocycles. The molecule has 0 fully saturated rings. The smallest absolute Gasteiger partial charge is 0.0702 e. The minimum absolute atomic E-state index is 1.00. The van der Waals surface area contributed by atoms with Crippen molar-refractivity contribution in [1.29, 1.82) is 0 Å². The minimum Gasteiger partial charge on any atom is -0.309 e. The molecule has 11 rings (SSSR count). The van der Waals surface area contributed by atoms with Crippen LogP contribution in [0.4, 0.5) is 0 Å². The molecule has 0 saturated carbocycles. The van der Waals surface area contributed by atoms with Gasteiger partial charge in [-0.3, -0.25) is 9.97 Å². The van der Waals surface area contributed by atoms with E-state index in [-0.39, 0.29) is 0 Å². The first-order chi connectivity index (χ1) is 26.2. The van der Waals surface area contributed by atoms with Crippen molar-refractivity contribution in [3.63, 3.8) is 0 Å². The normalized spacial score (nSPS) is 11.8. The molecule has 0 aliphatic carbocycles. The molecule has 0 N–H and O–H groups in total. The zero-order valence-electron chi connectivity index (χ0n) is 28.7. The van der Waals surface area contributed by atoms with Crippen molar-refractivity contribution < 1.29 is 0 Å². The third-order valence-electron chi connectivity index (χ3n) is 10.8. The minimum atomic E-state index is 1.00. The summed E-state index contributed by atoms with van der Waals surface area (Å²) in [4.78, 5) is 9.58. The molecule has 0 aliphatic rings. The second kappa shape index (κ2) is 11.7. The summed E-state index contributed by atoms with van der Waals surface area (Å²) in [6, 6.07) is 63.6. The van der Waals surface area contributed by atoms with E-state index in [9.17, 15) is 0 Å². The van der Waals surface area contributed by atoms with Crippen molar-refractivity contribution >= 4 is 65.2 Å². The van der Waals surface area contributed by atoms with Gasteiger partial charge in [0, 0.05) is 50.8 Å². The Labute approximate surface area is 306 Å². The fraction of sp³-hybridized carbons (Fsp3) is 0. The first-order valence-electron chi connectivity index (χ1n) is 18.1. The molecule has 3 heterocycles. The Bertz CT molecular complexity index is 3090. The highest BCUT2D eigenvalue weighted by molar-refractivity contribution is 6.14. The van der Waals surface area contributed by atoms with E-state index in [1.54, 1.807) is 0 Å². The zero-order chi connectivity index (χ0) is 34.9. The van der Waals surface area contributed by atoms with Crippen LogP contribution in [0.15, 0.2) is 188 Å². The predicted molar refractivity (Wildman–Crippen MR) is 223 cm³/mol. The van der Waals surface area contributed by atoms with Crippen LogP contribution in [0.2, 0.25) is 0 Å². The average molecular weight is 674 g/mol. The first-order valence-corrected chi connectivity index (χ1v) is 18.1. The van der Waals surface area contributed by atoms with Gasteiger partial charge in [0.05, 0.1) is 22.1 Å². The molecular weight excluding hydrogens is 643 g/mol. The summed E-state index contributed by atoms with van der Waals surface area (Å²) in [5.74, 6) is 0. The molecular formula is C50H31N3. The van der Waals surface area contributed by atoms with E-state index in [2.05, 4.69) is 168 Å². The van der Waals surface area contributed by atoms with Gasteiger partial charge in [-0.05, 0) is 111 Å². The van der Waals surface area contributed by atoms with Crippen molar-refractivity contribution in [1.82, 2.24) is 14.5 Å².